The lowest BCUT2D eigenvalue weighted by Crippen LogP contribution is -2.28. The SMILES string of the molecule is CC1CCC(OC=O)C(C)C1. The number of rotatable bonds is 2. The Kier molecular flexibility index (Phi) is 2.92. The molecule has 0 aromatic heterocycles. The van der Waals surface area contributed by atoms with Gasteiger partial charge >= 0.3 is 0 Å². The molecule has 0 heterocycles. The molecule has 1 aliphatic carbocycles. The maximum Gasteiger partial charge on any atom is 0.293 e. The molecule has 0 aromatic carbocycles. The molecule has 0 N–H and O–H groups in total. The summed E-state index contributed by atoms with van der Waals surface area (Å²) in [7, 11) is 0. The summed E-state index contributed by atoms with van der Waals surface area (Å²) in [6, 6.07) is 0. The molecule has 0 radical (unpaired) electrons. The quantitative estimate of drug-likeness (QED) is 0.571. The van der Waals surface area contributed by atoms with E-state index in [0.717, 1.165) is 12.3 Å². The Morgan fingerprint density at radius 2 is 2.09 bits per heavy atom. The van der Waals surface area contributed by atoms with Crippen molar-refractivity contribution in [3.05, 3.63) is 0 Å². The number of carbonyl (C=O) groups excluding carboxylic acids is 1. The average molecular weight is 156 g/mol. The predicted molar refractivity (Wildman–Crippen MR) is 43.1 cm³/mol. The third kappa shape index (κ3) is 2.21. The van der Waals surface area contributed by atoms with E-state index >= 15 is 0 Å². The van der Waals surface area contributed by atoms with E-state index in [1.54, 1.807) is 0 Å². The molecule has 0 amide bonds. The van der Waals surface area contributed by atoms with Crippen LogP contribution in [-0.4, -0.2) is 12.6 Å². The first-order chi connectivity index (χ1) is 5.24. The van der Waals surface area contributed by atoms with Crippen LogP contribution in [0, 0.1) is 11.8 Å². The van der Waals surface area contributed by atoms with Gasteiger partial charge in [0.2, 0.25) is 0 Å². The highest BCUT2D eigenvalue weighted by Crippen LogP contribution is 2.29. The molecule has 3 atom stereocenters. The van der Waals surface area contributed by atoms with Crippen LogP contribution in [0.25, 0.3) is 0 Å². The van der Waals surface area contributed by atoms with Crippen LogP contribution in [0.1, 0.15) is 33.1 Å². The summed E-state index contributed by atoms with van der Waals surface area (Å²) < 4.78 is 4.96. The Balaban J connectivity index is 2.37. The highest BCUT2D eigenvalue weighted by molar-refractivity contribution is 5.37. The van der Waals surface area contributed by atoms with E-state index in [-0.39, 0.29) is 6.10 Å². The van der Waals surface area contributed by atoms with E-state index in [2.05, 4.69) is 13.8 Å². The van der Waals surface area contributed by atoms with Gasteiger partial charge in [-0.3, -0.25) is 4.79 Å². The predicted octanol–water partition coefficient (Wildman–Crippen LogP) is 1.98. The first-order valence-electron chi connectivity index (χ1n) is 4.33. The highest BCUT2D eigenvalue weighted by atomic mass is 16.5. The minimum absolute atomic E-state index is 0.184. The molecule has 0 spiro atoms. The fourth-order valence-corrected chi connectivity index (χ4v) is 1.91. The molecule has 0 saturated heterocycles. The van der Waals surface area contributed by atoms with Gasteiger partial charge in [0.15, 0.2) is 0 Å². The minimum atomic E-state index is 0.184. The Labute approximate surface area is 67.9 Å². The van der Waals surface area contributed by atoms with Crippen LogP contribution in [0.15, 0.2) is 0 Å². The Bertz CT molecular complexity index is 134. The average Bonchev–Trinajstić information content (AvgIpc) is 1.95. The van der Waals surface area contributed by atoms with Crippen molar-refractivity contribution in [2.45, 2.75) is 39.2 Å². The van der Waals surface area contributed by atoms with Gasteiger partial charge in [0.1, 0.15) is 6.10 Å². The molecular formula is C9H16O2. The standard InChI is InChI=1S/C9H16O2/c1-7-3-4-9(11-6-10)8(2)5-7/h6-9H,3-5H2,1-2H3. The van der Waals surface area contributed by atoms with Crippen molar-refractivity contribution in [3.8, 4) is 0 Å². The van der Waals surface area contributed by atoms with Crippen molar-refractivity contribution >= 4 is 6.47 Å². The van der Waals surface area contributed by atoms with E-state index < -0.39 is 0 Å². The van der Waals surface area contributed by atoms with Gasteiger partial charge in [0.25, 0.3) is 6.47 Å². The van der Waals surface area contributed by atoms with Gasteiger partial charge in [-0.25, -0.2) is 0 Å². The van der Waals surface area contributed by atoms with E-state index in [1.807, 2.05) is 0 Å². The molecule has 2 nitrogen and oxygen atoms in total. The van der Waals surface area contributed by atoms with Crippen molar-refractivity contribution in [3.63, 3.8) is 0 Å². The van der Waals surface area contributed by atoms with Gasteiger partial charge in [0.05, 0.1) is 0 Å². The van der Waals surface area contributed by atoms with E-state index in [4.69, 9.17) is 4.74 Å². The zero-order valence-corrected chi connectivity index (χ0v) is 7.25. The molecule has 64 valence electrons. The first kappa shape index (κ1) is 8.57. The zero-order valence-electron chi connectivity index (χ0n) is 7.25. The number of hydrogen-bond donors (Lipinski definition) is 0. The molecule has 2 heteroatoms. The summed E-state index contributed by atoms with van der Waals surface area (Å²) >= 11 is 0. The fraction of sp³-hybridized carbons (Fsp3) is 0.889. The van der Waals surface area contributed by atoms with Gasteiger partial charge in [-0.15, -0.1) is 0 Å². The van der Waals surface area contributed by atoms with Gasteiger partial charge in [-0.1, -0.05) is 13.8 Å². The fourth-order valence-electron chi connectivity index (χ4n) is 1.91. The topological polar surface area (TPSA) is 26.3 Å². The van der Waals surface area contributed by atoms with Crippen molar-refractivity contribution in [1.29, 1.82) is 0 Å². The van der Waals surface area contributed by atoms with Crippen LogP contribution in [-0.2, 0) is 9.53 Å². The van der Waals surface area contributed by atoms with Crippen LogP contribution in [0.5, 0.6) is 0 Å². The van der Waals surface area contributed by atoms with Crippen molar-refractivity contribution in [2.24, 2.45) is 11.8 Å². The Morgan fingerprint density at radius 3 is 2.64 bits per heavy atom. The largest absolute Gasteiger partial charge is 0.464 e. The van der Waals surface area contributed by atoms with Crippen molar-refractivity contribution < 1.29 is 9.53 Å². The van der Waals surface area contributed by atoms with Crippen molar-refractivity contribution in [2.75, 3.05) is 0 Å². The first-order valence-corrected chi connectivity index (χ1v) is 4.33. The highest BCUT2D eigenvalue weighted by Gasteiger charge is 2.25. The van der Waals surface area contributed by atoms with Crippen LogP contribution >= 0.6 is 0 Å². The second kappa shape index (κ2) is 3.74. The maximum atomic E-state index is 10.1. The molecule has 1 aliphatic rings. The monoisotopic (exact) mass is 156 g/mol. The summed E-state index contributed by atoms with van der Waals surface area (Å²) in [5.74, 6) is 1.35. The smallest absolute Gasteiger partial charge is 0.293 e. The zero-order chi connectivity index (χ0) is 8.27. The molecule has 1 rings (SSSR count). The second-order valence-electron chi connectivity index (χ2n) is 3.67. The van der Waals surface area contributed by atoms with Gasteiger partial charge in [-0.05, 0) is 31.1 Å². The molecule has 1 saturated carbocycles. The van der Waals surface area contributed by atoms with E-state index in [9.17, 15) is 4.79 Å². The third-order valence-electron chi connectivity index (χ3n) is 2.58. The molecule has 0 aliphatic heterocycles. The van der Waals surface area contributed by atoms with Gasteiger partial charge in [0, 0.05) is 0 Å². The van der Waals surface area contributed by atoms with Crippen LogP contribution in [0.2, 0.25) is 0 Å². The lowest BCUT2D eigenvalue weighted by Gasteiger charge is -2.30. The number of hydrogen-bond acceptors (Lipinski definition) is 2. The number of carbonyl (C=O) groups is 1. The second-order valence-corrected chi connectivity index (χ2v) is 3.67. The third-order valence-corrected chi connectivity index (χ3v) is 2.58. The lowest BCUT2D eigenvalue weighted by atomic mass is 9.81. The summed E-state index contributed by atoms with van der Waals surface area (Å²) in [4.78, 5) is 10.1. The van der Waals surface area contributed by atoms with E-state index in [0.29, 0.717) is 12.4 Å². The van der Waals surface area contributed by atoms with E-state index in [1.165, 1.54) is 12.8 Å². The normalized spacial score (nSPS) is 38.2. The Morgan fingerprint density at radius 1 is 1.36 bits per heavy atom. The van der Waals surface area contributed by atoms with Crippen molar-refractivity contribution in [1.82, 2.24) is 0 Å². The molecule has 11 heavy (non-hydrogen) atoms. The summed E-state index contributed by atoms with van der Waals surface area (Å²) in [5.41, 5.74) is 0. The molecule has 1 fully saturated rings. The van der Waals surface area contributed by atoms with Crippen LogP contribution in [0.3, 0.4) is 0 Å². The maximum absolute atomic E-state index is 10.1. The Hall–Kier alpha value is -0.530. The lowest BCUT2D eigenvalue weighted by molar-refractivity contribution is -0.138. The van der Waals surface area contributed by atoms with Crippen LogP contribution in [0.4, 0.5) is 0 Å². The molecule has 0 bridgehead atoms. The summed E-state index contributed by atoms with van der Waals surface area (Å²) in [6.07, 6.45) is 3.62. The van der Waals surface area contributed by atoms with Gasteiger partial charge < -0.3 is 4.74 Å². The van der Waals surface area contributed by atoms with Gasteiger partial charge in [-0.2, -0.15) is 0 Å². The molecular weight excluding hydrogens is 140 g/mol. The molecule has 0 aromatic rings. The minimum Gasteiger partial charge on any atom is -0.464 e. The van der Waals surface area contributed by atoms with Crippen LogP contribution < -0.4 is 0 Å². The molecule has 3 unspecified atom stereocenters. The summed E-state index contributed by atoms with van der Waals surface area (Å²) in [6.45, 7) is 4.99. The summed E-state index contributed by atoms with van der Waals surface area (Å²) in [5, 5.41) is 0. The number of ether oxygens (including phenoxy) is 1.